The second-order valence-corrected chi connectivity index (χ2v) is 5.24. The number of rotatable bonds is 2. The van der Waals surface area contributed by atoms with Crippen LogP contribution in [-0.2, 0) is 10.8 Å². The van der Waals surface area contributed by atoms with Gasteiger partial charge in [-0.05, 0) is 29.3 Å². The molecule has 0 spiro atoms. The molecule has 2 aromatic carbocycles. The molecule has 0 aromatic heterocycles. The topological polar surface area (TPSA) is 17.1 Å². The van der Waals surface area contributed by atoms with Crippen molar-refractivity contribution in [3.05, 3.63) is 53.6 Å². The molecule has 1 nitrogen and oxygen atoms in total. The van der Waals surface area contributed by atoms with Gasteiger partial charge in [-0.3, -0.25) is 4.21 Å². The van der Waals surface area contributed by atoms with Crippen LogP contribution in [0.2, 0.25) is 5.02 Å². The summed E-state index contributed by atoms with van der Waals surface area (Å²) in [4.78, 5) is 0.852. The second-order valence-electron chi connectivity index (χ2n) is 3.46. The lowest BCUT2D eigenvalue weighted by Gasteiger charge is -2.07. The van der Waals surface area contributed by atoms with E-state index in [-0.39, 0.29) is 0 Å². The molecule has 1 unspecified atom stereocenters. The fourth-order valence-corrected chi connectivity index (χ4v) is 2.48. The molecule has 0 bridgehead atoms. The summed E-state index contributed by atoms with van der Waals surface area (Å²) in [5, 5.41) is 0.707. The standard InChI is InChI=1S/C13H11ClOS/c1-16(15)13-5-3-2-4-12(13)10-6-8-11(14)9-7-10/h2-9H,1H3. The van der Waals surface area contributed by atoms with Crippen molar-refractivity contribution in [3.63, 3.8) is 0 Å². The van der Waals surface area contributed by atoms with Gasteiger partial charge in [0.05, 0.1) is 10.8 Å². The molecule has 16 heavy (non-hydrogen) atoms. The van der Waals surface area contributed by atoms with Crippen molar-refractivity contribution in [3.8, 4) is 11.1 Å². The zero-order valence-electron chi connectivity index (χ0n) is 8.81. The Morgan fingerprint density at radius 1 is 1.00 bits per heavy atom. The van der Waals surface area contributed by atoms with Gasteiger partial charge in [-0.15, -0.1) is 0 Å². The van der Waals surface area contributed by atoms with E-state index in [1.54, 1.807) is 6.26 Å². The van der Waals surface area contributed by atoms with Crippen LogP contribution >= 0.6 is 11.6 Å². The lowest BCUT2D eigenvalue weighted by molar-refractivity contribution is 0.687. The number of halogens is 1. The molecule has 0 aliphatic rings. The highest BCUT2D eigenvalue weighted by molar-refractivity contribution is 7.84. The Bertz CT molecular complexity index is 520. The van der Waals surface area contributed by atoms with Crippen LogP contribution in [0.25, 0.3) is 11.1 Å². The summed E-state index contributed by atoms with van der Waals surface area (Å²) in [5.41, 5.74) is 2.04. The van der Waals surface area contributed by atoms with Crippen LogP contribution in [0, 0.1) is 0 Å². The van der Waals surface area contributed by atoms with Crippen molar-refractivity contribution in [1.82, 2.24) is 0 Å². The van der Waals surface area contributed by atoms with Crippen molar-refractivity contribution < 1.29 is 4.21 Å². The van der Waals surface area contributed by atoms with E-state index in [9.17, 15) is 4.21 Å². The number of hydrogen-bond acceptors (Lipinski definition) is 1. The van der Waals surface area contributed by atoms with Crippen LogP contribution in [0.3, 0.4) is 0 Å². The molecule has 82 valence electrons. The smallest absolute Gasteiger partial charge is 0.0504 e. The van der Waals surface area contributed by atoms with Gasteiger partial charge in [-0.2, -0.15) is 0 Å². The lowest BCUT2D eigenvalue weighted by Crippen LogP contribution is -1.91. The molecular formula is C13H11ClOS. The van der Waals surface area contributed by atoms with Gasteiger partial charge in [0.15, 0.2) is 0 Å². The highest BCUT2D eigenvalue weighted by Crippen LogP contribution is 2.26. The third-order valence-corrected chi connectivity index (χ3v) is 3.58. The highest BCUT2D eigenvalue weighted by atomic mass is 35.5. The van der Waals surface area contributed by atoms with Crippen molar-refractivity contribution in [1.29, 1.82) is 0 Å². The van der Waals surface area contributed by atoms with Gasteiger partial charge in [0.1, 0.15) is 0 Å². The van der Waals surface area contributed by atoms with Crippen molar-refractivity contribution in [2.45, 2.75) is 4.90 Å². The SMILES string of the molecule is CS(=O)c1ccccc1-c1ccc(Cl)cc1. The fourth-order valence-electron chi connectivity index (χ4n) is 1.59. The van der Waals surface area contributed by atoms with Gasteiger partial charge in [-0.1, -0.05) is 41.9 Å². The molecule has 0 saturated heterocycles. The molecule has 0 radical (unpaired) electrons. The van der Waals surface area contributed by atoms with Gasteiger partial charge in [-0.25, -0.2) is 0 Å². The molecule has 0 aliphatic carbocycles. The maximum absolute atomic E-state index is 11.6. The predicted molar refractivity (Wildman–Crippen MR) is 69.2 cm³/mol. The quantitative estimate of drug-likeness (QED) is 0.794. The van der Waals surface area contributed by atoms with E-state index >= 15 is 0 Å². The second kappa shape index (κ2) is 4.81. The summed E-state index contributed by atoms with van der Waals surface area (Å²) in [5.74, 6) is 0. The van der Waals surface area contributed by atoms with E-state index < -0.39 is 10.8 Å². The molecule has 0 heterocycles. The Kier molecular flexibility index (Phi) is 3.42. The monoisotopic (exact) mass is 250 g/mol. The van der Waals surface area contributed by atoms with Crippen LogP contribution in [0.1, 0.15) is 0 Å². The zero-order chi connectivity index (χ0) is 11.5. The third-order valence-electron chi connectivity index (χ3n) is 2.35. The maximum atomic E-state index is 11.6. The van der Waals surface area contributed by atoms with Crippen LogP contribution in [0.15, 0.2) is 53.4 Å². The summed E-state index contributed by atoms with van der Waals surface area (Å²) >= 11 is 5.84. The van der Waals surface area contributed by atoms with Crippen LogP contribution in [0.4, 0.5) is 0 Å². The summed E-state index contributed by atoms with van der Waals surface area (Å²) in [6, 6.07) is 15.3. The molecule has 2 aromatic rings. The Morgan fingerprint density at radius 2 is 1.62 bits per heavy atom. The molecule has 0 fully saturated rings. The fraction of sp³-hybridized carbons (Fsp3) is 0.0769. The molecule has 2 rings (SSSR count). The Hall–Kier alpha value is -1.12. The van der Waals surface area contributed by atoms with Gasteiger partial charge < -0.3 is 0 Å². The van der Waals surface area contributed by atoms with E-state index in [1.165, 1.54) is 0 Å². The first-order valence-corrected chi connectivity index (χ1v) is 6.80. The first-order valence-electron chi connectivity index (χ1n) is 4.87. The largest absolute Gasteiger partial charge is 0.255 e. The summed E-state index contributed by atoms with van der Waals surface area (Å²) in [6.45, 7) is 0. The first kappa shape index (κ1) is 11.4. The molecule has 1 atom stereocenters. The lowest BCUT2D eigenvalue weighted by atomic mass is 10.1. The van der Waals surface area contributed by atoms with Crippen molar-refractivity contribution >= 4 is 22.4 Å². The number of benzene rings is 2. The van der Waals surface area contributed by atoms with Crippen molar-refractivity contribution in [2.75, 3.05) is 6.26 Å². The van der Waals surface area contributed by atoms with E-state index in [0.717, 1.165) is 16.0 Å². The van der Waals surface area contributed by atoms with Gasteiger partial charge >= 0.3 is 0 Å². The van der Waals surface area contributed by atoms with Crippen LogP contribution in [0.5, 0.6) is 0 Å². The first-order chi connectivity index (χ1) is 7.68. The Balaban J connectivity index is 2.55. The normalized spacial score (nSPS) is 12.4. The average molecular weight is 251 g/mol. The third kappa shape index (κ3) is 2.34. The van der Waals surface area contributed by atoms with Crippen LogP contribution < -0.4 is 0 Å². The molecule has 0 saturated carbocycles. The van der Waals surface area contributed by atoms with E-state index in [2.05, 4.69) is 0 Å². The Labute approximate surface area is 103 Å². The minimum Gasteiger partial charge on any atom is -0.255 e. The minimum atomic E-state index is -0.979. The van der Waals surface area contributed by atoms with Gasteiger partial charge in [0.2, 0.25) is 0 Å². The Morgan fingerprint density at radius 3 is 2.25 bits per heavy atom. The van der Waals surface area contributed by atoms with E-state index in [4.69, 9.17) is 11.6 Å². The number of hydrogen-bond donors (Lipinski definition) is 0. The molecule has 0 N–H and O–H groups in total. The van der Waals surface area contributed by atoms with Crippen molar-refractivity contribution in [2.24, 2.45) is 0 Å². The molecule has 0 aliphatic heterocycles. The molecule has 3 heteroatoms. The maximum Gasteiger partial charge on any atom is 0.0504 e. The van der Waals surface area contributed by atoms with E-state index in [1.807, 2.05) is 48.5 Å². The van der Waals surface area contributed by atoms with Crippen LogP contribution in [-0.4, -0.2) is 10.5 Å². The van der Waals surface area contributed by atoms with Gasteiger partial charge in [0.25, 0.3) is 0 Å². The van der Waals surface area contributed by atoms with E-state index in [0.29, 0.717) is 5.02 Å². The summed E-state index contributed by atoms with van der Waals surface area (Å²) < 4.78 is 11.6. The minimum absolute atomic E-state index is 0.707. The zero-order valence-corrected chi connectivity index (χ0v) is 10.4. The predicted octanol–water partition coefficient (Wildman–Crippen LogP) is 3.74. The molecular weight excluding hydrogens is 240 g/mol. The highest BCUT2D eigenvalue weighted by Gasteiger charge is 2.06. The summed E-state index contributed by atoms with van der Waals surface area (Å²) in [6.07, 6.45) is 1.69. The average Bonchev–Trinajstić information content (AvgIpc) is 2.30. The molecule has 0 amide bonds. The van der Waals surface area contributed by atoms with Gasteiger partial charge in [0, 0.05) is 16.2 Å². The summed E-state index contributed by atoms with van der Waals surface area (Å²) in [7, 11) is -0.979.